The molecule has 0 atom stereocenters. The molecule has 0 radical (unpaired) electrons. The first-order valence-electron chi connectivity index (χ1n) is 11.0. The van der Waals surface area contributed by atoms with Gasteiger partial charge in [-0.3, -0.25) is 9.59 Å². The van der Waals surface area contributed by atoms with E-state index >= 15 is 0 Å². The molecule has 1 saturated heterocycles. The first-order valence-corrected chi connectivity index (χ1v) is 11.0. The molecule has 2 aromatic rings. The zero-order valence-corrected chi connectivity index (χ0v) is 17.1. The molecule has 154 valence electrons. The van der Waals surface area contributed by atoms with E-state index in [0.29, 0.717) is 6.42 Å². The Kier molecular flexibility index (Phi) is 6.33. The van der Waals surface area contributed by atoms with Crippen LogP contribution in [0.2, 0.25) is 0 Å². The molecule has 4 rings (SSSR count). The van der Waals surface area contributed by atoms with Crippen molar-refractivity contribution < 1.29 is 9.59 Å². The molecule has 1 aliphatic heterocycles. The van der Waals surface area contributed by atoms with Gasteiger partial charge in [-0.15, -0.1) is 0 Å². The van der Waals surface area contributed by atoms with Crippen molar-refractivity contribution in [1.82, 2.24) is 14.8 Å². The molecular formula is C24H31N3O2. The topological polar surface area (TPSA) is 54.3 Å². The van der Waals surface area contributed by atoms with Crippen LogP contribution < -0.4 is 5.32 Å². The van der Waals surface area contributed by atoms with Gasteiger partial charge < -0.3 is 14.8 Å². The van der Waals surface area contributed by atoms with Crippen LogP contribution in [0.4, 0.5) is 0 Å². The highest BCUT2D eigenvalue weighted by atomic mass is 16.2. The maximum atomic E-state index is 12.7. The van der Waals surface area contributed by atoms with E-state index in [-0.39, 0.29) is 23.8 Å². The van der Waals surface area contributed by atoms with Gasteiger partial charge in [-0.1, -0.05) is 31.4 Å². The van der Waals surface area contributed by atoms with Crippen molar-refractivity contribution in [2.24, 2.45) is 5.92 Å². The molecule has 1 aromatic heterocycles. The summed E-state index contributed by atoms with van der Waals surface area (Å²) in [5.41, 5.74) is 2.14. The predicted octanol–water partition coefficient (Wildman–Crippen LogP) is 3.71. The van der Waals surface area contributed by atoms with Crippen molar-refractivity contribution >= 4 is 11.8 Å². The van der Waals surface area contributed by atoms with Gasteiger partial charge in [0.15, 0.2) is 0 Å². The average Bonchev–Trinajstić information content (AvgIpc) is 3.30. The molecular weight excluding hydrogens is 362 g/mol. The Labute approximate surface area is 173 Å². The highest BCUT2D eigenvalue weighted by Crippen LogP contribution is 2.24. The van der Waals surface area contributed by atoms with Crippen LogP contribution in [-0.4, -0.2) is 40.4 Å². The number of carbonyl (C=O) groups excluding carboxylic acids is 2. The van der Waals surface area contributed by atoms with Gasteiger partial charge in [0.05, 0.1) is 6.42 Å². The highest BCUT2D eigenvalue weighted by molar-refractivity contribution is 5.80. The van der Waals surface area contributed by atoms with E-state index in [1.54, 1.807) is 0 Å². The summed E-state index contributed by atoms with van der Waals surface area (Å²) in [7, 11) is 0. The predicted molar refractivity (Wildman–Crippen MR) is 114 cm³/mol. The lowest BCUT2D eigenvalue weighted by molar-refractivity contribution is -0.131. The Hall–Kier alpha value is -2.56. The minimum atomic E-state index is 0.177. The first-order chi connectivity index (χ1) is 14.2. The molecule has 2 aliphatic rings. The molecule has 2 fully saturated rings. The number of benzene rings is 1. The van der Waals surface area contributed by atoms with Crippen molar-refractivity contribution in [3.05, 3.63) is 54.4 Å². The minimum Gasteiger partial charge on any atom is -0.353 e. The van der Waals surface area contributed by atoms with E-state index in [1.165, 1.54) is 19.3 Å². The van der Waals surface area contributed by atoms with Crippen LogP contribution in [-0.2, 0) is 16.0 Å². The van der Waals surface area contributed by atoms with Gasteiger partial charge >= 0.3 is 0 Å². The summed E-state index contributed by atoms with van der Waals surface area (Å²) in [4.78, 5) is 27.1. The second-order valence-corrected chi connectivity index (χ2v) is 8.43. The van der Waals surface area contributed by atoms with Gasteiger partial charge in [0, 0.05) is 43.1 Å². The third kappa shape index (κ3) is 5.08. The van der Waals surface area contributed by atoms with Crippen LogP contribution >= 0.6 is 0 Å². The number of piperidine rings is 1. The van der Waals surface area contributed by atoms with Crippen molar-refractivity contribution in [3.8, 4) is 5.69 Å². The lowest BCUT2D eigenvalue weighted by Crippen LogP contribution is -2.48. The van der Waals surface area contributed by atoms with Gasteiger partial charge in [0.25, 0.3) is 0 Å². The summed E-state index contributed by atoms with van der Waals surface area (Å²) in [5, 5.41) is 3.24. The van der Waals surface area contributed by atoms with Gasteiger partial charge in [-0.25, -0.2) is 0 Å². The smallest absolute Gasteiger partial charge is 0.226 e. The SMILES string of the molecule is O=C(NC1CCN(C(=O)Cc2ccc(-n3cccc3)cc2)CC1)C1CCCCC1. The van der Waals surface area contributed by atoms with E-state index in [9.17, 15) is 9.59 Å². The molecule has 1 aliphatic carbocycles. The Balaban J connectivity index is 1.23. The van der Waals surface area contributed by atoms with Crippen LogP contribution in [0.25, 0.3) is 5.69 Å². The number of carbonyl (C=O) groups is 2. The maximum absolute atomic E-state index is 12.7. The van der Waals surface area contributed by atoms with Gasteiger partial charge in [0.1, 0.15) is 0 Å². The standard InChI is InChI=1S/C24H31N3O2/c28-23(18-19-8-10-22(11-9-19)26-14-4-5-15-26)27-16-12-21(13-17-27)25-24(29)20-6-2-1-3-7-20/h4-5,8-11,14-15,20-21H,1-3,6-7,12-13,16-18H2,(H,25,29). The number of aromatic nitrogens is 1. The molecule has 1 saturated carbocycles. The molecule has 2 amide bonds. The van der Waals surface area contributed by atoms with Crippen LogP contribution in [0.5, 0.6) is 0 Å². The molecule has 0 unspecified atom stereocenters. The third-order valence-corrected chi connectivity index (χ3v) is 6.36. The summed E-state index contributed by atoms with van der Waals surface area (Å²) in [6, 6.07) is 12.4. The quantitative estimate of drug-likeness (QED) is 0.842. The summed E-state index contributed by atoms with van der Waals surface area (Å²) < 4.78 is 2.05. The van der Waals surface area contributed by atoms with E-state index in [4.69, 9.17) is 0 Å². The normalized spacial score (nSPS) is 18.6. The van der Waals surface area contributed by atoms with E-state index in [0.717, 1.165) is 50.0 Å². The number of hydrogen-bond donors (Lipinski definition) is 1. The molecule has 1 aromatic carbocycles. The maximum Gasteiger partial charge on any atom is 0.226 e. The lowest BCUT2D eigenvalue weighted by Gasteiger charge is -2.33. The molecule has 0 spiro atoms. The molecule has 0 bridgehead atoms. The molecule has 29 heavy (non-hydrogen) atoms. The van der Waals surface area contributed by atoms with Crippen LogP contribution in [0.15, 0.2) is 48.8 Å². The summed E-state index contributed by atoms with van der Waals surface area (Å²) in [5.74, 6) is 0.617. The summed E-state index contributed by atoms with van der Waals surface area (Å²) in [6.07, 6.45) is 11.9. The number of rotatable bonds is 5. The van der Waals surface area contributed by atoms with Crippen molar-refractivity contribution in [2.75, 3.05) is 13.1 Å². The van der Waals surface area contributed by atoms with E-state index < -0.39 is 0 Å². The van der Waals surface area contributed by atoms with E-state index in [2.05, 4.69) is 22.0 Å². The van der Waals surface area contributed by atoms with Crippen molar-refractivity contribution in [3.63, 3.8) is 0 Å². The molecule has 5 nitrogen and oxygen atoms in total. The molecule has 2 heterocycles. The zero-order valence-electron chi connectivity index (χ0n) is 17.1. The largest absolute Gasteiger partial charge is 0.353 e. The number of likely N-dealkylation sites (tertiary alicyclic amines) is 1. The number of nitrogens with one attached hydrogen (secondary N) is 1. The third-order valence-electron chi connectivity index (χ3n) is 6.36. The second kappa shape index (κ2) is 9.29. The zero-order chi connectivity index (χ0) is 20.1. The second-order valence-electron chi connectivity index (χ2n) is 8.43. The Morgan fingerprint density at radius 2 is 1.55 bits per heavy atom. The fourth-order valence-corrected chi connectivity index (χ4v) is 4.54. The Morgan fingerprint density at radius 3 is 2.21 bits per heavy atom. The number of nitrogens with zero attached hydrogens (tertiary/aromatic N) is 2. The highest BCUT2D eigenvalue weighted by Gasteiger charge is 2.27. The fourth-order valence-electron chi connectivity index (χ4n) is 4.54. The summed E-state index contributed by atoms with van der Waals surface area (Å²) in [6.45, 7) is 1.46. The van der Waals surface area contributed by atoms with Gasteiger partial charge in [-0.05, 0) is 55.5 Å². The van der Waals surface area contributed by atoms with Crippen LogP contribution in [0.3, 0.4) is 0 Å². The minimum absolute atomic E-state index is 0.177. The lowest BCUT2D eigenvalue weighted by atomic mass is 9.88. The van der Waals surface area contributed by atoms with Crippen molar-refractivity contribution in [1.29, 1.82) is 0 Å². The number of hydrogen-bond acceptors (Lipinski definition) is 2. The van der Waals surface area contributed by atoms with Crippen LogP contribution in [0.1, 0.15) is 50.5 Å². The Morgan fingerprint density at radius 1 is 0.897 bits per heavy atom. The fraction of sp³-hybridized carbons (Fsp3) is 0.500. The van der Waals surface area contributed by atoms with Crippen LogP contribution in [0, 0.1) is 5.92 Å². The van der Waals surface area contributed by atoms with Crippen molar-refractivity contribution in [2.45, 2.75) is 57.4 Å². The monoisotopic (exact) mass is 393 g/mol. The number of amides is 2. The van der Waals surface area contributed by atoms with E-state index in [1.807, 2.05) is 41.6 Å². The summed E-state index contributed by atoms with van der Waals surface area (Å²) >= 11 is 0. The average molecular weight is 394 g/mol. The molecule has 1 N–H and O–H groups in total. The Bertz CT molecular complexity index is 799. The molecule has 5 heteroatoms. The first kappa shape index (κ1) is 19.7. The van der Waals surface area contributed by atoms with Gasteiger partial charge in [-0.2, -0.15) is 0 Å². The van der Waals surface area contributed by atoms with Gasteiger partial charge in [0.2, 0.25) is 11.8 Å².